The molecule has 136 valence electrons. The maximum Gasteiger partial charge on any atom is 0.230 e. The van der Waals surface area contributed by atoms with Crippen LogP contribution in [0.1, 0.15) is 18.9 Å². The SMILES string of the molecule is C=C(C)C[C@H]1N(CCc2ccccc2)C(=O)[C@@H]2[C@@H](C(=O)[O-])[C@@H]3C=C[C@]21O3. The summed E-state index contributed by atoms with van der Waals surface area (Å²) in [6.07, 6.45) is 4.41. The van der Waals surface area contributed by atoms with Crippen LogP contribution in [0, 0.1) is 11.8 Å². The van der Waals surface area contributed by atoms with Crippen molar-refractivity contribution in [1.82, 2.24) is 4.90 Å². The van der Waals surface area contributed by atoms with Gasteiger partial charge in [0, 0.05) is 18.4 Å². The van der Waals surface area contributed by atoms with Gasteiger partial charge >= 0.3 is 0 Å². The molecule has 5 nitrogen and oxygen atoms in total. The quantitative estimate of drug-likeness (QED) is 0.719. The fourth-order valence-electron chi connectivity index (χ4n) is 4.75. The van der Waals surface area contributed by atoms with Crippen LogP contribution < -0.4 is 5.11 Å². The molecule has 1 aromatic carbocycles. The number of nitrogens with zero attached hydrogens (tertiary/aromatic N) is 1. The predicted octanol–water partition coefficient (Wildman–Crippen LogP) is 1.10. The first-order chi connectivity index (χ1) is 12.4. The van der Waals surface area contributed by atoms with Crippen molar-refractivity contribution < 1.29 is 19.4 Å². The molecular formula is C21H22NO4-. The van der Waals surface area contributed by atoms with Crippen molar-refractivity contribution in [1.29, 1.82) is 0 Å². The highest BCUT2D eigenvalue weighted by Gasteiger charge is 2.69. The van der Waals surface area contributed by atoms with Crippen LogP contribution in [0.25, 0.3) is 0 Å². The average Bonchev–Trinajstić information content (AvgIpc) is 3.24. The summed E-state index contributed by atoms with van der Waals surface area (Å²) >= 11 is 0. The van der Waals surface area contributed by atoms with Gasteiger partial charge in [-0.05, 0) is 25.3 Å². The normalized spacial score (nSPS) is 34.3. The highest BCUT2D eigenvalue weighted by atomic mass is 16.5. The van der Waals surface area contributed by atoms with Crippen LogP contribution >= 0.6 is 0 Å². The number of aliphatic carboxylic acids is 1. The molecule has 2 bridgehead atoms. The fourth-order valence-corrected chi connectivity index (χ4v) is 4.75. The number of carbonyl (C=O) groups excluding carboxylic acids is 2. The second-order valence-corrected chi connectivity index (χ2v) is 7.56. The third-order valence-electron chi connectivity index (χ3n) is 5.83. The molecule has 3 aliphatic rings. The third-order valence-corrected chi connectivity index (χ3v) is 5.83. The van der Waals surface area contributed by atoms with Gasteiger partial charge in [0.1, 0.15) is 5.60 Å². The second kappa shape index (κ2) is 6.09. The molecule has 0 unspecified atom stereocenters. The molecule has 1 aromatic rings. The molecule has 1 amide bonds. The topological polar surface area (TPSA) is 69.7 Å². The number of likely N-dealkylation sites (tertiary alicyclic amines) is 1. The van der Waals surface area contributed by atoms with Gasteiger partial charge in [-0.15, -0.1) is 6.58 Å². The molecule has 3 aliphatic heterocycles. The molecule has 0 N–H and O–H groups in total. The van der Waals surface area contributed by atoms with Gasteiger partial charge in [-0.3, -0.25) is 4.79 Å². The molecule has 5 heteroatoms. The highest BCUT2D eigenvalue weighted by molar-refractivity contribution is 5.91. The molecule has 5 atom stereocenters. The van der Waals surface area contributed by atoms with Crippen molar-refractivity contribution in [3.63, 3.8) is 0 Å². The van der Waals surface area contributed by atoms with E-state index in [9.17, 15) is 14.7 Å². The first-order valence-corrected chi connectivity index (χ1v) is 9.01. The highest BCUT2D eigenvalue weighted by Crippen LogP contribution is 2.55. The molecule has 1 spiro atoms. The number of carboxylic acid groups (broad SMARTS) is 1. The van der Waals surface area contributed by atoms with Crippen molar-refractivity contribution in [3.8, 4) is 0 Å². The van der Waals surface area contributed by atoms with E-state index >= 15 is 0 Å². The van der Waals surface area contributed by atoms with E-state index < -0.39 is 29.5 Å². The van der Waals surface area contributed by atoms with Crippen LogP contribution in [-0.2, 0) is 20.7 Å². The Hall–Kier alpha value is -2.40. The summed E-state index contributed by atoms with van der Waals surface area (Å²) in [4.78, 5) is 26.7. The van der Waals surface area contributed by atoms with Crippen molar-refractivity contribution in [3.05, 3.63) is 60.2 Å². The maximum absolute atomic E-state index is 13.2. The van der Waals surface area contributed by atoms with Crippen molar-refractivity contribution >= 4 is 11.9 Å². The van der Waals surface area contributed by atoms with Gasteiger partial charge < -0.3 is 19.5 Å². The minimum atomic E-state index is -1.21. The molecule has 0 radical (unpaired) electrons. The summed E-state index contributed by atoms with van der Waals surface area (Å²) in [7, 11) is 0. The van der Waals surface area contributed by atoms with Gasteiger partial charge in [-0.1, -0.05) is 48.1 Å². The van der Waals surface area contributed by atoms with E-state index in [0.29, 0.717) is 19.4 Å². The van der Waals surface area contributed by atoms with Gasteiger partial charge in [-0.25, -0.2) is 0 Å². The Morgan fingerprint density at radius 3 is 2.73 bits per heavy atom. The van der Waals surface area contributed by atoms with Gasteiger partial charge in [-0.2, -0.15) is 0 Å². The van der Waals surface area contributed by atoms with E-state index in [4.69, 9.17) is 4.74 Å². The number of hydrogen-bond acceptors (Lipinski definition) is 4. The molecule has 2 saturated heterocycles. The molecule has 3 heterocycles. The first-order valence-electron chi connectivity index (χ1n) is 9.01. The Kier molecular flexibility index (Phi) is 3.99. The van der Waals surface area contributed by atoms with Gasteiger partial charge in [0.15, 0.2) is 0 Å². The Morgan fingerprint density at radius 1 is 1.35 bits per heavy atom. The van der Waals surface area contributed by atoms with Crippen LogP contribution in [0.2, 0.25) is 0 Å². The number of benzene rings is 1. The lowest BCUT2D eigenvalue weighted by Gasteiger charge is -2.33. The number of ether oxygens (including phenoxy) is 1. The van der Waals surface area contributed by atoms with E-state index in [-0.39, 0.29) is 11.9 Å². The molecular weight excluding hydrogens is 330 g/mol. The van der Waals surface area contributed by atoms with Crippen molar-refractivity contribution in [2.75, 3.05) is 6.54 Å². The lowest BCUT2D eigenvalue weighted by molar-refractivity contribution is -0.313. The third kappa shape index (κ3) is 2.42. The molecule has 0 aliphatic carbocycles. The molecule has 0 aromatic heterocycles. The summed E-state index contributed by atoms with van der Waals surface area (Å²) in [6.45, 7) is 6.45. The summed E-state index contributed by atoms with van der Waals surface area (Å²) in [5.74, 6) is -2.98. The zero-order valence-corrected chi connectivity index (χ0v) is 14.8. The maximum atomic E-state index is 13.2. The summed E-state index contributed by atoms with van der Waals surface area (Å²) < 4.78 is 6.09. The minimum Gasteiger partial charge on any atom is -0.550 e. The monoisotopic (exact) mass is 352 g/mol. The Balaban J connectivity index is 1.65. The Labute approximate surface area is 152 Å². The molecule has 26 heavy (non-hydrogen) atoms. The number of carboxylic acids is 1. The zero-order valence-electron chi connectivity index (χ0n) is 14.8. The number of amides is 1. The van der Waals surface area contributed by atoms with Crippen LogP contribution in [0.15, 0.2) is 54.6 Å². The average molecular weight is 352 g/mol. The fraction of sp³-hybridized carbons (Fsp3) is 0.429. The van der Waals surface area contributed by atoms with Gasteiger partial charge in [0.05, 0.1) is 18.1 Å². The summed E-state index contributed by atoms with van der Waals surface area (Å²) in [6, 6.07) is 9.73. The Bertz CT molecular complexity index is 786. The van der Waals surface area contributed by atoms with Crippen LogP contribution in [-0.4, -0.2) is 41.1 Å². The van der Waals surface area contributed by atoms with E-state index in [0.717, 1.165) is 11.1 Å². The van der Waals surface area contributed by atoms with Crippen molar-refractivity contribution in [2.24, 2.45) is 11.8 Å². The number of fused-ring (bicyclic) bond motifs is 1. The summed E-state index contributed by atoms with van der Waals surface area (Å²) in [5.41, 5.74) is 1.21. The largest absolute Gasteiger partial charge is 0.550 e. The smallest absolute Gasteiger partial charge is 0.230 e. The summed E-state index contributed by atoms with van der Waals surface area (Å²) in [5, 5.41) is 11.7. The van der Waals surface area contributed by atoms with Crippen LogP contribution in [0.5, 0.6) is 0 Å². The van der Waals surface area contributed by atoms with E-state index in [1.54, 1.807) is 11.0 Å². The number of rotatable bonds is 6. The van der Waals surface area contributed by atoms with Gasteiger partial charge in [0.25, 0.3) is 0 Å². The molecule has 4 rings (SSSR count). The van der Waals surface area contributed by atoms with Crippen molar-refractivity contribution in [2.45, 2.75) is 37.5 Å². The lowest BCUT2D eigenvalue weighted by atomic mass is 9.74. The van der Waals surface area contributed by atoms with Gasteiger partial charge in [0.2, 0.25) is 5.91 Å². The van der Waals surface area contributed by atoms with E-state index in [1.807, 2.05) is 43.3 Å². The first kappa shape index (κ1) is 17.0. The van der Waals surface area contributed by atoms with Crippen LogP contribution in [0.4, 0.5) is 0 Å². The number of hydrogen-bond donors (Lipinski definition) is 0. The van der Waals surface area contributed by atoms with E-state index in [2.05, 4.69) is 6.58 Å². The predicted molar refractivity (Wildman–Crippen MR) is 93.8 cm³/mol. The standard InChI is InChI=1S/C21H23NO4/c1-13(2)12-16-21-10-8-15(26-21)17(20(24)25)18(21)19(23)22(16)11-9-14-6-4-3-5-7-14/h3-8,10,15-18H,1,9,11-12H2,2H3,(H,24,25)/p-1/t15-,16+,17-,18-,21+/m0/s1. The lowest BCUT2D eigenvalue weighted by Crippen LogP contribution is -2.46. The Morgan fingerprint density at radius 2 is 2.08 bits per heavy atom. The van der Waals surface area contributed by atoms with Crippen LogP contribution in [0.3, 0.4) is 0 Å². The zero-order chi connectivity index (χ0) is 18.5. The number of carbonyl (C=O) groups is 2. The van der Waals surface area contributed by atoms with E-state index in [1.165, 1.54) is 0 Å². The molecule has 0 saturated carbocycles. The second-order valence-electron chi connectivity index (χ2n) is 7.56. The molecule has 2 fully saturated rings. The minimum absolute atomic E-state index is 0.145.